The van der Waals surface area contributed by atoms with E-state index in [0.29, 0.717) is 28.5 Å². The van der Waals surface area contributed by atoms with E-state index in [4.69, 9.17) is 25.6 Å². The monoisotopic (exact) mass is 347 g/mol. The summed E-state index contributed by atoms with van der Waals surface area (Å²) in [5.74, 6) is 0.713. The summed E-state index contributed by atoms with van der Waals surface area (Å²) in [6.07, 6.45) is 5.73. The summed E-state index contributed by atoms with van der Waals surface area (Å²) in [6.45, 7) is 0. The summed E-state index contributed by atoms with van der Waals surface area (Å²) in [5.41, 5.74) is 9.77. The van der Waals surface area contributed by atoms with Gasteiger partial charge in [-0.2, -0.15) is 5.26 Å². The zero-order chi connectivity index (χ0) is 18.1. The lowest BCUT2D eigenvalue weighted by Crippen LogP contribution is -2.09. The number of pyridine rings is 1. The van der Waals surface area contributed by atoms with Crippen LogP contribution in [0.2, 0.25) is 0 Å². The molecule has 1 aliphatic carbocycles. The maximum absolute atomic E-state index is 9.02. The van der Waals surface area contributed by atoms with Gasteiger partial charge in [0.15, 0.2) is 12.2 Å². The Labute approximate surface area is 151 Å². The molecule has 26 heavy (non-hydrogen) atoms. The number of aromatic nitrogens is 2. The smallest absolute Gasteiger partial charge is 0.214 e. The van der Waals surface area contributed by atoms with Crippen LogP contribution in [0, 0.1) is 16.7 Å². The van der Waals surface area contributed by atoms with Crippen LogP contribution in [0.4, 0.5) is 5.69 Å². The molecule has 2 heterocycles. The first-order chi connectivity index (χ1) is 12.7. The average molecular weight is 347 g/mol. The number of anilines is 1. The summed E-state index contributed by atoms with van der Waals surface area (Å²) < 4.78 is 11.2. The van der Waals surface area contributed by atoms with E-state index in [0.717, 1.165) is 24.0 Å². The number of hydrogen-bond donors (Lipinski definition) is 2. The largest absolute Gasteiger partial charge is 0.469 e. The number of ether oxygens (including phenoxy) is 1. The minimum atomic E-state index is -0.138. The molecule has 0 saturated carbocycles. The summed E-state index contributed by atoms with van der Waals surface area (Å²) in [6, 6.07) is 9.42. The van der Waals surface area contributed by atoms with Gasteiger partial charge in [0.25, 0.3) is 0 Å². The van der Waals surface area contributed by atoms with E-state index >= 15 is 0 Å². The van der Waals surface area contributed by atoms with Crippen molar-refractivity contribution in [3.8, 4) is 11.9 Å². The minimum Gasteiger partial charge on any atom is -0.469 e. The van der Waals surface area contributed by atoms with Crippen LogP contribution in [0.5, 0.6) is 5.88 Å². The van der Waals surface area contributed by atoms with E-state index < -0.39 is 0 Å². The molecule has 130 valence electrons. The summed E-state index contributed by atoms with van der Waals surface area (Å²) >= 11 is 0. The Kier molecular flexibility index (Phi) is 3.86. The van der Waals surface area contributed by atoms with Gasteiger partial charge in [-0.3, -0.25) is 5.41 Å². The third-order valence-electron chi connectivity index (χ3n) is 4.42. The van der Waals surface area contributed by atoms with E-state index in [-0.39, 0.29) is 13.2 Å². The maximum Gasteiger partial charge on any atom is 0.214 e. The molecule has 1 aliphatic rings. The number of rotatable bonds is 4. The van der Waals surface area contributed by atoms with Gasteiger partial charge in [-0.05, 0) is 36.1 Å². The van der Waals surface area contributed by atoms with Crippen LogP contribution in [0.3, 0.4) is 0 Å². The SMILES string of the molecule is N#Cc1ccc2c(c1)CC[C@H]2Oc1cc(C(=N)c2cnco2)c(N)cn1.[HH]. The molecule has 7 heteroatoms. The Bertz CT molecular complexity index is 1030. The Balaban J connectivity index is 0.00000210. The number of nitriles is 1. The van der Waals surface area contributed by atoms with E-state index in [2.05, 4.69) is 16.0 Å². The van der Waals surface area contributed by atoms with Crippen LogP contribution in [0.1, 0.15) is 42.0 Å². The zero-order valence-corrected chi connectivity index (χ0v) is 13.8. The van der Waals surface area contributed by atoms with Crippen LogP contribution in [0.25, 0.3) is 0 Å². The number of hydrogen-bond acceptors (Lipinski definition) is 7. The second kappa shape index (κ2) is 6.33. The number of nitrogens with zero attached hydrogens (tertiary/aromatic N) is 3. The van der Waals surface area contributed by atoms with Gasteiger partial charge in [0.05, 0.1) is 29.7 Å². The number of benzene rings is 1. The molecule has 0 radical (unpaired) electrons. The van der Waals surface area contributed by atoms with Crippen LogP contribution < -0.4 is 10.5 Å². The number of nitrogens with two attached hydrogens (primary N) is 1. The fraction of sp³-hybridized carbons (Fsp3) is 0.158. The van der Waals surface area contributed by atoms with Gasteiger partial charge >= 0.3 is 0 Å². The van der Waals surface area contributed by atoms with Crippen molar-refractivity contribution in [2.24, 2.45) is 0 Å². The molecule has 1 aromatic carbocycles. The lowest BCUT2D eigenvalue weighted by Gasteiger charge is -2.15. The van der Waals surface area contributed by atoms with Crippen molar-refractivity contribution in [1.29, 1.82) is 10.7 Å². The molecule has 4 rings (SSSR count). The molecule has 3 aromatic rings. The molecule has 0 fully saturated rings. The molecule has 0 saturated heterocycles. The second-order valence-corrected chi connectivity index (χ2v) is 6.02. The normalized spacial score (nSPS) is 15.3. The Morgan fingerprint density at radius 3 is 3.04 bits per heavy atom. The van der Waals surface area contributed by atoms with Gasteiger partial charge in [-0.15, -0.1) is 0 Å². The Morgan fingerprint density at radius 1 is 1.38 bits per heavy atom. The number of nitrogens with one attached hydrogen (secondary N) is 1. The van der Waals surface area contributed by atoms with Crippen LogP contribution >= 0.6 is 0 Å². The molecule has 0 amide bonds. The molecule has 0 bridgehead atoms. The van der Waals surface area contributed by atoms with E-state index in [1.165, 1.54) is 18.8 Å². The molecular weight excluding hydrogens is 330 g/mol. The second-order valence-electron chi connectivity index (χ2n) is 6.02. The van der Waals surface area contributed by atoms with Crippen LogP contribution in [-0.2, 0) is 6.42 Å². The first kappa shape index (κ1) is 15.8. The van der Waals surface area contributed by atoms with Crippen molar-refractivity contribution in [1.82, 2.24) is 9.97 Å². The molecule has 7 nitrogen and oxygen atoms in total. The van der Waals surface area contributed by atoms with Crippen molar-refractivity contribution < 1.29 is 10.6 Å². The highest BCUT2D eigenvalue weighted by atomic mass is 16.5. The van der Waals surface area contributed by atoms with Crippen molar-refractivity contribution >= 4 is 11.4 Å². The molecule has 0 aliphatic heterocycles. The molecule has 0 spiro atoms. The van der Waals surface area contributed by atoms with E-state index in [1.54, 1.807) is 12.1 Å². The van der Waals surface area contributed by atoms with Crippen molar-refractivity contribution in [3.05, 3.63) is 71.1 Å². The Hall–Kier alpha value is -3.66. The molecular formula is C19H17N5O2. The van der Waals surface area contributed by atoms with Gasteiger partial charge < -0.3 is 14.9 Å². The van der Waals surface area contributed by atoms with Crippen molar-refractivity contribution in [2.45, 2.75) is 18.9 Å². The molecule has 1 atom stereocenters. The van der Waals surface area contributed by atoms with Gasteiger partial charge in [0, 0.05) is 13.1 Å². The third-order valence-corrected chi connectivity index (χ3v) is 4.42. The molecule has 3 N–H and O–H groups in total. The lowest BCUT2D eigenvalue weighted by atomic mass is 10.1. The van der Waals surface area contributed by atoms with Crippen LogP contribution in [-0.4, -0.2) is 15.7 Å². The highest BCUT2D eigenvalue weighted by Gasteiger charge is 2.25. The van der Waals surface area contributed by atoms with Crippen molar-refractivity contribution in [2.75, 3.05) is 5.73 Å². The predicted octanol–water partition coefficient (Wildman–Crippen LogP) is 3.25. The van der Waals surface area contributed by atoms with Gasteiger partial charge in [-0.25, -0.2) is 9.97 Å². The summed E-state index contributed by atoms with van der Waals surface area (Å²) in [7, 11) is 0. The zero-order valence-electron chi connectivity index (χ0n) is 13.8. The first-order valence-corrected chi connectivity index (χ1v) is 8.08. The van der Waals surface area contributed by atoms with Crippen molar-refractivity contribution in [3.63, 3.8) is 0 Å². The van der Waals surface area contributed by atoms with E-state index in [1.807, 2.05) is 12.1 Å². The maximum atomic E-state index is 9.02. The van der Waals surface area contributed by atoms with Gasteiger partial charge in [0.1, 0.15) is 11.8 Å². The number of oxazole rings is 1. The van der Waals surface area contributed by atoms with Gasteiger partial charge in [-0.1, -0.05) is 6.07 Å². The quantitative estimate of drug-likeness (QED) is 0.699. The summed E-state index contributed by atoms with van der Waals surface area (Å²) in [4.78, 5) is 8.06. The minimum absolute atomic E-state index is 0. The number of aryl methyl sites for hydroxylation is 1. The molecule has 0 unspecified atom stereocenters. The fourth-order valence-corrected chi connectivity index (χ4v) is 3.12. The standard InChI is InChI=1S/C19H15N5O2.H2/c20-7-11-1-3-13-12(5-11)2-4-16(13)26-18-6-14(15(21)8-24-18)19(22)17-9-23-10-25-17;/h1,3,5-6,8-10,16,22H,2,4,21H2;1H/t16-;/m1./s1. The highest BCUT2D eigenvalue weighted by molar-refractivity contribution is 6.12. The lowest BCUT2D eigenvalue weighted by molar-refractivity contribution is 0.199. The first-order valence-electron chi connectivity index (χ1n) is 8.08. The summed E-state index contributed by atoms with van der Waals surface area (Å²) in [5, 5.41) is 17.3. The topological polar surface area (TPSA) is 122 Å². The van der Waals surface area contributed by atoms with Gasteiger partial charge in [0.2, 0.25) is 5.88 Å². The highest BCUT2D eigenvalue weighted by Crippen LogP contribution is 2.35. The molecule has 2 aromatic heterocycles. The number of nitrogen functional groups attached to an aromatic ring is 1. The number of fused-ring (bicyclic) bond motifs is 1. The average Bonchev–Trinajstić information content (AvgIpc) is 3.32. The van der Waals surface area contributed by atoms with E-state index in [9.17, 15) is 0 Å². The van der Waals surface area contributed by atoms with Crippen LogP contribution in [0.15, 0.2) is 47.5 Å². The fourth-order valence-electron chi connectivity index (χ4n) is 3.12. The third kappa shape index (κ3) is 2.78. The Morgan fingerprint density at radius 2 is 2.27 bits per heavy atom. The predicted molar refractivity (Wildman–Crippen MR) is 96.0 cm³/mol.